The van der Waals surface area contributed by atoms with Crippen LogP contribution in [0.4, 0.5) is 4.39 Å². The molecule has 0 bridgehead atoms. The monoisotopic (exact) mass is 296 g/mol. The highest BCUT2D eigenvalue weighted by molar-refractivity contribution is 7.85. The zero-order chi connectivity index (χ0) is 15.3. The molecule has 0 saturated carbocycles. The van der Waals surface area contributed by atoms with Gasteiger partial charge in [-0.25, -0.2) is 4.39 Å². The summed E-state index contributed by atoms with van der Waals surface area (Å²) in [5, 5.41) is 0. The van der Waals surface area contributed by atoms with Gasteiger partial charge in [0.1, 0.15) is 5.82 Å². The highest BCUT2D eigenvalue weighted by atomic mass is 32.2. The Morgan fingerprint density at radius 2 is 1.20 bits per heavy atom. The second kappa shape index (κ2) is 6.63. The molecule has 2 rings (SSSR count). The van der Waals surface area contributed by atoms with Crippen LogP contribution in [0.15, 0.2) is 47.4 Å². The van der Waals surface area contributed by atoms with Crippen LogP contribution < -0.4 is 0 Å². The van der Waals surface area contributed by atoms with Gasteiger partial charge in [0.25, 0.3) is 10.1 Å². The maximum absolute atomic E-state index is 12.2. The number of benzene rings is 2. The fraction of sp³-hybridized carbons (Fsp3) is 0.200. The number of halogens is 1. The van der Waals surface area contributed by atoms with Gasteiger partial charge in [-0.1, -0.05) is 34.9 Å². The zero-order valence-electron chi connectivity index (χ0n) is 11.6. The van der Waals surface area contributed by atoms with Gasteiger partial charge in [0.15, 0.2) is 0 Å². The number of hydrogen-bond donors (Lipinski definition) is 1. The zero-order valence-corrected chi connectivity index (χ0v) is 12.4. The Balaban J connectivity index is 0.000000204. The van der Waals surface area contributed by atoms with E-state index in [1.165, 1.54) is 16.7 Å². The van der Waals surface area contributed by atoms with Crippen molar-refractivity contribution in [2.24, 2.45) is 0 Å². The Labute approximate surface area is 118 Å². The van der Waals surface area contributed by atoms with Gasteiger partial charge in [0, 0.05) is 0 Å². The number of aryl methyl sites for hydroxylation is 3. The largest absolute Gasteiger partial charge is 0.294 e. The second-order valence-electron chi connectivity index (χ2n) is 4.59. The van der Waals surface area contributed by atoms with Crippen molar-refractivity contribution in [2.45, 2.75) is 25.7 Å². The Kier molecular flexibility index (Phi) is 5.42. The van der Waals surface area contributed by atoms with Gasteiger partial charge in [-0.2, -0.15) is 8.42 Å². The lowest BCUT2D eigenvalue weighted by molar-refractivity contribution is 0.483. The number of hydrogen-bond acceptors (Lipinski definition) is 2. The summed E-state index contributed by atoms with van der Waals surface area (Å²) in [4.78, 5) is -0.307. The van der Waals surface area contributed by atoms with Gasteiger partial charge < -0.3 is 0 Å². The molecule has 0 aliphatic rings. The molecule has 108 valence electrons. The Morgan fingerprint density at radius 3 is 1.50 bits per heavy atom. The normalized spacial score (nSPS) is 10.7. The average Bonchev–Trinajstić information content (AvgIpc) is 2.26. The minimum Gasteiger partial charge on any atom is -0.282 e. The molecule has 0 spiro atoms. The minimum absolute atomic E-state index is 0.307. The van der Waals surface area contributed by atoms with Gasteiger partial charge in [-0.15, -0.1) is 0 Å². The van der Waals surface area contributed by atoms with Gasteiger partial charge >= 0.3 is 0 Å². The van der Waals surface area contributed by atoms with Crippen LogP contribution in [0.25, 0.3) is 0 Å². The van der Waals surface area contributed by atoms with Gasteiger partial charge in [0.2, 0.25) is 0 Å². The molecule has 0 aromatic heterocycles. The number of rotatable bonds is 1. The third-order valence-electron chi connectivity index (χ3n) is 2.48. The van der Waals surface area contributed by atoms with Crippen LogP contribution in [0.2, 0.25) is 0 Å². The molecule has 0 saturated heterocycles. The minimum atomic E-state index is -4.19. The fourth-order valence-corrected chi connectivity index (χ4v) is 2.29. The molecular weight excluding hydrogens is 279 g/mol. The predicted molar refractivity (Wildman–Crippen MR) is 76.9 cm³/mol. The fourth-order valence-electron chi connectivity index (χ4n) is 1.81. The summed E-state index contributed by atoms with van der Waals surface area (Å²) in [6.45, 7) is 6.38. The lowest BCUT2D eigenvalue weighted by Crippen LogP contribution is -1.97. The quantitative estimate of drug-likeness (QED) is 0.817. The maximum atomic E-state index is 12.2. The van der Waals surface area contributed by atoms with Crippen LogP contribution in [-0.4, -0.2) is 13.0 Å². The molecule has 0 unspecified atom stereocenters. The molecule has 0 atom stereocenters. The van der Waals surface area contributed by atoms with E-state index in [2.05, 4.69) is 39.0 Å². The lowest BCUT2D eigenvalue weighted by atomic mass is 10.1. The van der Waals surface area contributed by atoms with E-state index in [4.69, 9.17) is 4.55 Å². The summed E-state index contributed by atoms with van der Waals surface area (Å²) in [6, 6.07) is 10.5. The van der Waals surface area contributed by atoms with Crippen molar-refractivity contribution in [3.63, 3.8) is 0 Å². The summed E-state index contributed by atoms with van der Waals surface area (Å²) < 4.78 is 41.4. The van der Waals surface area contributed by atoms with E-state index < -0.39 is 15.9 Å². The smallest absolute Gasteiger partial charge is 0.282 e. The van der Waals surface area contributed by atoms with Crippen molar-refractivity contribution in [1.29, 1.82) is 0 Å². The first-order valence-corrected chi connectivity index (χ1v) is 7.40. The van der Waals surface area contributed by atoms with Crippen molar-refractivity contribution in [3.05, 3.63) is 65.0 Å². The summed E-state index contributed by atoms with van der Waals surface area (Å²) in [5.74, 6) is -0.544. The lowest BCUT2D eigenvalue weighted by Gasteiger charge is -1.96. The molecule has 0 fully saturated rings. The van der Waals surface area contributed by atoms with E-state index in [9.17, 15) is 12.8 Å². The van der Waals surface area contributed by atoms with Crippen molar-refractivity contribution < 1.29 is 17.4 Å². The maximum Gasteiger partial charge on any atom is 0.294 e. The molecule has 2 aromatic carbocycles. The van der Waals surface area contributed by atoms with E-state index in [-0.39, 0.29) is 4.90 Å². The highest BCUT2D eigenvalue weighted by Gasteiger charge is 2.07. The van der Waals surface area contributed by atoms with Crippen molar-refractivity contribution in [1.82, 2.24) is 0 Å². The third-order valence-corrected chi connectivity index (χ3v) is 3.35. The first-order valence-electron chi connectivity index (χ1n) is 5.96. The first kappa shape index (κ1) is 16.3. The standard InChI is InChI=1S/C9H12.C6H5FO3S/c1-7-4-8(2)6-9(3)5-7;7-5-1-3-6(4-2-5)11(8,9)10/h4-6H,1-3H3;1-4H,(H,8,9,10). The van der Waals surface area contributed by atoms with Crippen LogP contribution in [-0.2, 0) is 10.1 Å². The molecule has 20 heavy (non-hydrogen) atoms. The SMILES string of the molecule is Cc1cc(C)cc(C)c1.O=S(=O)(O)c1ccc(F)cc1. The van der Waals surface area contributed by atoms with Gasteiger partial charge in [-0.3, -0.25) is 4.55 Å². The third kappa shape index (κ3) is 5.50. The topological polar surface area (TPSA) is 54.4 Å². The van der Waals surface area contributed by atoms with Crippen molar-refractivity contribution in [2.75, 3.05) is 0 Å². The second-order valence-corrected chi connectivity index (χ2v) is 6.02. The average molecular weight is 296 g/mol. The van der Waals surface area contributed by atoms with Crippen molar-refractivity contribution in [3.8, 4) is 0 Å². The van der Waals surface area contributed by atoms with Crippen LogP contribution >= 0.6 is 0 Å². The molecule has 0 heterocycles. The van der Waals surface area contributed by atoms with E-state index in [1.54, 1.807) is 0 Å². The summed E-state index contributed by atoms with van der Waals surface area (Å²) >= 11 is 0. The molecule has 0 amide bonds. The van der Waals surface area contributed by atoms with Crippen LogP contribution in [0, 0.1) is 26.6 Å². The van der Waals surface area contributed by atoms with Crippen LogP contribution in [0.1, 0.15) is 16.7 Å². The predicted octanol–water partition coefficient (Wildman–Crippen LogP) is 3.68. The first-order chi connectivity index (χ1) is 9.18. The van der Waals surface area contributed by atoms with Crippen LogP contribution in [0.5, 0.6) is 0 Å². The molecule has 1 N–H and O–H groups in total. The molecule has 3 nitrogen and oxygen atoms in total. The molecule has 0 radical (unpaired) electrons. The Bertz CT molecular complexity index is 626. The summed E-state index contributed by atoms with van der Waals surface area (Å²) in [6.07, 6.45) is 0. The summed E-state index contributed by atoms with van der Waals surface area (Å²) in [5.41, 5.74) is 4.06. The van der Waals surface area contributed by atoms with Crippen LogP contribution in [0.3, 0.4) is 0 Å². The van der Waals surface area contributed by atoms with Gasteiger partial charge in [-0.05, 0) is 45.0 Å². The Hall–Kier alpha value is -1.72. The van der Waals surface area contributed by atoms with E-state index in [1.807, 2.05) is 0 Å². The van der Waals surface area contributed by atoms with E-state index in [0.717, 1.165) is 24.3 Å². The van der Waals surface area contributed by atoms with E-state index in [0.29, 0.717) is 0 Å². The molecule has 2 aromatic rings. The van der Waals surface area contributed by atoms with Crippen molar-refractivity contribution >= 4 is 10.1 Å². The Morgan fingerprint density at radius 1 is 0.850 bits per heavy atom. The summed E-state index contributed by atoms with van der Waals surface area (Å²) in [7, 11) is -4.19. The molecule has 0 aliphatic carbocycles. The van der Waals surface area contributed by atoms with Gasteiger partial charge in [0.05, 0.1) is 4.90 Å². The highest BCUT2D eigenvalue weighted by Crippen LogP contribution is 2.08. The molecular formula is C15H17FO3S. The van der Waals surface area contributed by atoms with E-state index >= 15 is 0 Å². The molecule has 5 heteroatoms. The molecule has 0 aliphatic heterocycles.